The fourth-order valence-corrected chi connectivity index (χ4v) is 2.24. The van der Waals surface area contributed by atoms with E-state index in [1.54, 1.807) is 18.2 Å². The van der Waals surface area contributed by atoms with Crippen molar-refractivity contribution in [2.24, 2.45) is 0 Å². The summed E-state index contributed by atoms with van der Waals surface area (Å²) in [5, 5.41) is 2.61. The van der Waals surface area contributed by atoms with Crippen molar-refractivity contribution >= 4 is 33.3 Å². The Bertz CT molecular complexity index is 671. The van der Waals surface area contributed by atoms with E-state index in [-0.39, 0.29) is 18.1 Å². The first-order chi connectivity index (χ1) is 10.5. The summed E-state index contributed by atoms with van der Waals surface area (Å²) in [5.74, 6) is -0.622. The molecule has 2 aromatic rings. The zero-order chi connectivity index (χ0) is 15.9. The van der Waals surface area contributed by atoms with Crippen LogP contribution < -0.4 is 5.32 Å². The number of amides is 1. The third-order valence-corrected chi connectivity index (χ3v) is 3.61. The number of carbonyl (C=O) groups is 2. The highest BCUT2D eigenvalue weighted by Crippen LogP contribution is 2.14. The minimum atomic E-state index is -0.400. The van der Waals surface area contributed by atoms with Gasteiger partial charge in [-0.15, -0.1) is 0 Å². The molecular formula is C17H15BrFNO2. The first kappa shape index (κ1) is 16.4. The maximum atomic E-state index is 13.0. The molecule has 2 rings (SSSR count). The van der Waals surface area contributed by atoms with E-state index in [0.717, 1.165) is 4.47 Å². The van der Waals surface area contributed by atoms with E-state index in [2.05, 4.69) is 21.2 Å². The summed E-state index contributed by atoms with van der Waals surface area (Å²) in [6.45, 7) is 0. The van der Waals surface area contributed by atoms with Crippen LogP contribution in [0.15, 0.2) is 53.0 Å². The molecule has 0 bridgehead atoms. The van der Waals surface area contributed by atoms with Crippen LogP contribution in [0.25, 0.3) is 0 Å². The normalized spacial score (nSPS) is 10.3. The number of anilines is 1. The van der Waals surface area contributed by atoms with E-state index in [1.807, 2.05) is 12.1 Å². The van der Waals surface area contributed by atoms with Crippen molar-refractivity contribution < 1.29 is 14.0 Å². The van der Waals surface area contributed by atoms with Crippen molar-refractivity contribution in [3.63, 3.8) is 0 Å². The molecular weight excluding hydrogens is 349 g/mol. The van der Waals surface area contributed by atoms with Crippen LogP contribution in [-0.2, 0) is 4.79 Å². The molecule has 3 nitrogen and oxygen atoms in total. The molecule has 0 aliphatic carbocycles. The molecule has 0 radical (unpaired) electrons. The maximum absolute atomic E-state index is 13.0. The molecule has 0 aliphatic heterocycles. The second-order valence-corrected chi connectivity index (χ2v) is 5.76. The summed E-state index contributed by atoms with van der Waals surface area (Å²) in [6.07, 6.45) is 0.979. The second kappa shape index (κ2) is 7.84. The Hall–Kier alpha value is -2.01. The lowest BCUT2D eigenvalue weighted by atomic mass is 10.1. The average Bonchev–Trinajstić information content (AvgIpc) is 2.47. The Labute approximate surface area is 136 Å². The van der Waals surface area contributed by atoms with Gasteiger partial charge in [0.1, 0.15) is 5.82 Å². The predicted octanol–water partition coefficient (Wildman–Crippen LogP) is 4.58. The van der Waals surface area contributed by atoms with Crippen LogP contribution in [0.5, 0.6) is 0 Å². The Morgan fingerprint density at radius 1 is 1.05 bits per heavy atom. The van der Waals surface area contributed by atoms with Crippen LogP contribution in [0.1, 0.15) is 29.6 Å². The molecule has 0 saturated heterocycles. The third kappa shape index (κ3) is 5.07. The van der Waals surface area contributed by atoms with Crippen molar-refractivity contribution in [1.29, 1.82) is 0 Å². The number of hydrogen-bond donors (Lipinski definition) is 1. The van der Waals surface area contributed by atoms with E-state index >= 15 is 0 Å². The van der Waals surface area contributed by atoms with Crippen molar-refractivity contribution in [2.45, 2.75) is 19.3 Å². The minimum absolute atomic E-state index is 0.00561. The van der Waals surface area contributed by atoms with Gasteiger partial charge in [0.05, 0.1) is 0 Å². The molecule has 0 unspecified atom stereocenters. The number of rotatable bonds is 6. The zero-order valence-electron chi connectivity index (χ0n) is 11.8. The van der Waals surface area contributed by atoms with Gasteiger partial charge in [-0.2, -0.15) is 0 Å². The van der Waals surface area contributed by atoms with E-state index in [1.165, 1.54) is 18.2 Å². The standard InChI is InChI=1S/C17H15BrFNO2/c18-13-9-7-12(8-10-13)16(21)5-2-6-17(22)20-15-4-1-3-14(19)11-15/h1,3-4,7-11H,2,5-6H2,(H,20,22). The number of carbonyl (C=O) groups excluding carboxylic acids is 2. The summed E-state index contributed by atoms with van der Waals surface area (Å²) in [5.41, 5.74) is 1.05. The van der Waals surface area contributed by atoms with E-state index in [9.17, 15) is 14.0 Å². The number of nitrogens with one attached hydrogen (secondary N) is 1. The fourth-order valence-electron chi connectivity index (χ4n) is 1.98. The van der Waals surface area contributed by atoms with Crippen LogP contribution in [-0.4, -0.2) is 11.7 Å². The van der Waals surface area contributed by atoms with Crippen LogP contribution in [0.2, 0.25) is 0 Å². The van der Waals surface area contributed by atoms with E-state index in [0.29, 0.717) is 24.1 Å². The van der Waals surface area contributed by atoms with Gasteiger partial charge < -0.3 is 5.32 Å². The summed E-state index contributed by atoms with van der Waals surface area (Å²) < 4.78 is 13.9. The number of benzene rings is 2. The van der Waals surface area contributed by atoms with Crippen molar-refractivity contribution in [3.8, 4) is 0 Å². The van der Waals surface area contributed by atoms with Crippen LogP contribution >= 0.6 is 15.9 Å². The summed E-state index contributed by atoms with van der Waals surface area (Å²) in [4.78, 5) is 23.7. The van der Waals surface area contributed by atoms with Crippen LogP contribution in [0, 0.1) is 5.82 Å². The lowest BCUT2D eigenvalue weighted by molar-refractivity contribution is -0.116. The summed E-state index contributed by atoms with van der Waals surface area (Å²) in [6, 6.07) is 12.8. The first-order valence-corrected chi connectivity index (χ1v) is 7.68. The topological polar surface area (TPSA) is 46.2 Å². The van der Waals surface area contributed by atoms with Gasteiger partial charge in [-0.1, -0.05) is 34.1 Å². The molecule has 5 heteroatoms. The predicted molar refractivity (Wildman–Crippen MR) is 87.4 cm³/mol. The maximum Gasteiger partial charge on any atom is 0.224 e. The Morgan fingerprint density at radius 2 is 1.77 bits per heavy atom. The quantitative estimate of drug-likeness (QED) is 0.763. The Morgan fingerprint density at radius 3 is 2.45 bits per heavy atom. The lowest BCUT2D eigenvalue weighted by Crippen LogP contribution is -2.12. The summed E-state index contributed by atoms with van der Waals surface area (Å²) in [7, 11) is 0. The van der Waals surface area contributed by atoms with Gasteiger partial charge in [-0.3, -0.25) is 9.59 Å². The smallest absolute Gasteiger partial charge is 0.224 e. The zero-order valence-corrected chi connectivity index (χ0v) is 13.4. The number of ketones is 1. The summed E-state index contributed by atoms with van der Waals surface area (Å²) >= 11 is 3.31. The van der Waals surface area contributed by atoms with Gasteiger partial charge in [0.25, 0.3) is 0 Å². The molecule has 22 heavy (non-hydrogen) atoms. The third-order valence-electron chi connectivity index (χ3n) is 3.08. The lowest BCUT2D eigenvalue weighted by Gasteiger charge is -2.05. The van der Waals surface area contributed by atoms with E-state index < -0.39 is 5.82 Å². The molecule has 0 atom stereocenters. The number of halogens is 2. The molecule has 2 aromatic carbocycles. The highest BCUT2D eigenvalue weighted by Gasteiger charge is 2.08. The Kier molecular flexibility index (Phi) is 5.83. The minimum Gasteiger partial charge on any atom is -0.326 e. The Balaban J connectivity index is 1.77. The SMILES string of the molecule is O=C(CCCC(=O)c1ccc(Br)cc1)Nc1cccc(F)c1. The second-order valence-electron chi connectivity index (χ2n) is 4.84. The van der Waals surface area contributed by atoms with Crippen molar-refractivity contribution in [1.82, 2.24) is 0 Å². The largest absolute Gasteiger partial charge is 0.326 e. The monoisotopic (exact) mass is 363 g/mol. The molecule has 114 valence electrons. The molecule has 0 heterocycles. The van der Waals surface area contributed by atoms with Crippen molar-refractivity contribution in [2.75, 3.05) is 5.32 Å². The van der Waals surface area contributed by atoms with Gasteiger partial charge in [0, 0.05) is 28.6 Å². The van der Waals surface area contributed by atoms with Gasteiger partial charge in [-0.05, 0) is 36.8 Å². The molecule has 0 saturated carbocycles. The number of hydrogen-bond acceptors (Lipinski definition) is 2. The van der Waals surface area contributed by atoms with Crippen LogP contribution in [0.4, 0.5) is 10.1 Å². The molecule has 0 aromatic heterocycles. The fraction of sp³-hybridized carbons (Fsp3) is 0.176. The van der Waals surface area contributed by atoms with Gasteiger partial charge >= 0.3 is 0 Å². The highest BCUT2D eigenvalue weighted by molar-refractivity contribution is 9.10. The highest BCUT2D eigenvalue weighted by atomic mass is 79.9. The molecule has 0 fully saturated rings. The van der Waals surface area contributed by atoms with Crippen LogP contribution in [0.3, 0.4) is 0 Å². The molecule has 1 amide bonds. The van der Waals surface area contributed by atoms with Crippen molar-refractivity contribution in [3.05, 3.63) is 64.4 Å². The number of Topliss-reactive ketones (excluding diaryl/α,β-unsaturated/α-hetero) is 1. The van der Waals surface area contributed by atoms with Gasteiger partial charge in [-0.25, -0.2) is 4.39 Å². The van der Waals surface area contributed by atoms with Gasteiger partial charge in [0.2, 0.25) is 5.91 Å². The molecule has 0 spiro atoms. The molecule has 0 aliphatic rings. The molecule has 1 N–H and O–H groups in total. The van der Waals surface area contributed by atoms with Gasteiger partial charge in [0.15, 0.2) is 5.78 Å². The average molecular weight is 364 g/mol. The first-order valence-electron chi connectivity index (χ1n) is 6.89. The van der Waals surface area contributed by atoms with E-state index in [4.69, 9.17) is 0 Å².